The normalized spacial score (nSPS) is 16.4. The summed E-state index contributed by atoms with van der Waals surface area (Å²) in [4.78, 5) is 22.8. The maximum atomic E-state index is 12.1. The van der Waals surface area contributed by atoms with Crippen LogP contribution in [0, 0.1) is 0 Å². The lowest BCUT2D eigenvalue weighted by Crippen LogP contribution is -2.26. The quantitative estimate of drug-likeness (QED) is 0.853. The van der Waals surface area contributed by atoms with E-state index in [9.17, 15) is 4.79 Å². The molecule has 1 aliphatic rings. The zero-order chi connectivity index (χ0) is 15.4. The highest BCUT2D eigenvalue weighted by Crippen LogP contribution is 2.31. The molecule has 2 aromatic heterocycles. The number of hydrogen-bond donors (Lipinski definition) is 0. The Hall–Kier alpha value is -1.66. The molecule has 0 atom stereocenters. The fourth-order valence-corrected chi connectivity index (χ4v) is 4.05. The third-order valence-electron chi connectivity index (χ3n) is 3.30. The van der Waals surface area contributed by atoms with Crippen LogP contribution in [-0.4, -0.2) is 33.1 Å². The van der Waals surface area contributed by atoms with Crippen molar-refractivity contribution in [3.63, 3.8) is 0 Å². The molecular formula is C16H17N3OS2. The fourth-order valence-electron chi connectivity index (χ4n) is 2.25. The van der Waals surface area contributed by atoms with E-state index in [0.29, 0.717) is 6.42 Å². The average molecular weight is 331 g/mol. The SMILES string of the molecule is CCCC(=O)N1CCS/C1=C/c1csc(-c2cccnc2)n1. The zero-order valence-electron chi connectivity index (χ0n) is 12.4. The topological polar surface area (TPSA) is 46.1 Å². The summed E-state index contributed by atoms with van der Waals surface area (Å²) in [6.07, 6.45) is 7.08. The minimum atomic E-state index is 0.210. The molecule has 1 fully saturated rings. The summed E-state index contributed by atoms with van der Waals surface area (Å²) in [6.45, 7) is 2.83. The predicted octanol–water partition coefficient (Wildman–Crippen LogP) is 3.88. The minimum absolute atomic E-state index is 0.210. The highest BCUT2D eigenvalue weighted by molar-refractivity contribution is 8.03. The van der Waals surface area contributed by atoms with Gasteiger partial charge in [-0.05, 0) is 24.6 Å². The highest BCUT2D eigenvalue weighted by Gasteiger charge is 2.23. The molecule has 114 valence electrons. The van der Waals surface area contributed by atoms with E-state index < -0.39 is 0 Å². The first-order chi connectivity index (χ1) is 10.8. The van der Waals surface area contributed by atoms with Gasteiger partial charge in [0.1, 0.15) is 5.01 Å². The van der Waals surface area contributed by atoms with Crippen molar-refractivity contribution in [1.29, 1.82) is 0 Å². The Bertz CT molecular complexity index is 682. The molecule has 0 spiro atoms. The summed E-state index contributed by atoms with van der Waals surface area (Å²) in [5.41, 5.74) is 1.93. The Morgan fingerprint density at radius 2 is 2.41 bits per heavy atom. The molecule has 0 radical (unpaired) electrons. The van der Waals surface area contributed by atoms with Crippen molar-refractivity contribution in [2.75, 3.05) is 12.3 Å². The number of nitrogens with zero attached hydrogens (tertiary/aromatic N) is 3. The van der Waals surface area contributed by atoms with Gasteiger partial charge in [0.05, 0.1) is 10.7 Å². The minimum Gasteiger partial charge on any atom is -0.306 e. The van der Waals surface area contributed by atoms with Crippen LogP contribution in [0.4, 0.5) is 0 Å². The summed E-state index contributed by atoms with van der Waals surface area (Å²) in [5.74, 6) is 1.17. The van der Waals surface area contributed by atoms with Crippen LogP contribution in [0.5, 0.6) is 0 Å². The number of rotatable bonds is 4. The molecule has 3 rings (SSSR count). The standard InChI is InChI=1S/C16H17N3OS2/c1-2-4-14(20)19-7-8-21-15(19)9-13-11-22-16(18-13)12-5-3-6-17-10-12/h3,5-6,9-11H,2,4,7-8H2,1H3/b15-9+. The van der Waals surface area contributed by atoms with Gasteiger partial charge in [-0.15, -0.1) is 23.1 Å². The second-order valence-corrected chi connectivity index (χ2v) is 6.92. The molecule has 3 heterocycles. The number of thiazole rings is 1. The maximum absolute atomic E-state index is 12.1. The number of pyridine rings is 1. The highest BCUT2D eigenvalue weighted by atomic mass is 32.2. The average Bonchev–Trinajstić information content (AvgIpc) is 3.18. The number of thioether (sulfide) groups is 1. The van der Waals surface area contributed by atoms with Crippen molar-refractivity contribution in [2.24, 2.45) is 0 Å². The van der Waals surface area contributed by atoms with E-state index in [1.807, 2.05) is 41.6 Å². The summed E-state index contributed by atoms with van der Waals surface area (Å²) < 4.78 is 0. The van der Waals surface area contributed by atoms with Gasteiger partial charge < -0.3 is 4.90 Å². The van der Waals surface area contributed by atoms with Crippen LogP contribution in [0.15, 0.2) is 34.9 Å². The van der Waals surface area contributed by atoms with Crippen molar-refractivity contribution >= 4 is 35.1 Å². The van der Waals surface area contributed by atoms with Gasteiger partial charge in [0.15, 0.2) is 0 Å². The Morgan fingerprint density at radius 1 is 1.50 bits per heavy atom. The van der Waals surface area contributed by atoms with Gasteiger partial charge in [0.2, 0.25) is 5.91 Å². The number of aromatic nitrogens is 2. The molecule has 1 amide bonds. The lowest BCUT2D eigenvalue weighted by Gasteiger charge is -2.16. The van der Waals surface area contributed by atoms with Crippen LogP contribution in [0.1, 0.15) is 25.5 Å². The summed E-state index contributed by atoms with van der Waals surface area (Å²) in [6, 6.07) is 3.91. The predicted molar refractivity (Wildman–Crippen MR) is 92.4 cm³/mol. The lowest BCUT2D eigenvalue weighted by atomic mass is 10.3. The molecule has 0 saturated carbocycles. The Labute approximate surface area is 138 Å². The van der Waals surface area contributed by atoms with Crippen LogP contribution in [0.2, 0.25) is 0 Å². The van der Waals surface area contributed by atoms with E-state index >= 15 is 0 Å². The molecule has 0 N–H and O–H groups in total. The van der Waals surface area contributed by atoms with Gasteiger partial charge in [-0.2, -0.15) is 0 Å². The zero-order valence-corrected chi connectivity index (χ0v) is 14.0. The van der Waals surface area contributed by atoms with Crippen LogP contribution < -0.4 is 0 Å². The molecule has 0 aliphatic carbocycles. The second-order valence-electron chi connectivity index (χ2n) is 4.95. The van der Waals surface area contributed by atoms with Gasteiger partial charge in [-0.1, -0.05) is 6.92 Å². The number of hydrogen-bond acceptors (Lipinski definition) is 5. The van der Waals surface area contributed by atoms with Crippen LogP contribution >= 0.6 is 23.1 Å². The van der Waals surface area contributed by atoms with E-state index in [0.717, 1.165) is 40.0 Å². The molecular weight excluding hydrogens is 314 g/mol. The first-order valence-electron chi connectivity index (χ1n) is 7.28. The molecule has 1 aliphatic heterocycles. The van der Waals surface area contributed by atoms with Gasteiger partial charge in [0.25, 0.3) is 0 Å². The Balaban J connectivity index is 1.80. The Morgan fingerprint density at radius 3 is 3.18 bits per heavy atom. The van der Waals surface area contributed by atoms with Crippen molar-refractivity contribution in [3.8, 4) is 10.6 Å². The fraction of sp³-hybridized carbons (Fsp3) is 0.312. The van der Waals surface area contributed by atoms with E-state index in [-0.39, 0.29) is 5.91 Å². The van der Waals surface area contributed by atoms with Gasteiger partial charge >= 0.3 is 0 Å². The molecule has 4 nitrogen and oxygen atoms in total. The third kappa shape index (κ3) is 3.39. The number of carbonyl (C=O) groups excluding carboxylic acids is 1. The van der Waals surface area contributed by atoms with E-state index in [1.54, 1.807) is 29.3 Å². The largest absolute Gasteiger partial charge is 0.306 e. The third-order valence-corrected chi connectivity index (χ3v) is 5.23. The van der Waals surface area contributed by atoms with E-state index in [1.165, 1.54) is 0 Å². The van der Waals surface area contributed by atoms with Crippen LogP contribution in [0.3, 0.4) is 0 Å². The molecule has 2 aromatic rings. The number of carbonyl (C=O) groups is 1. The summed E-state index contributed by atoms with van der Waals surface area (Å²) in [5, 5.41) is 3.99. The van der Waals surface area contributed by atoms with Crippen molar-refractivity contribution in [3.05, 3.63) is 40.6 Å². The molecule has 0 unspecified atom stereocenters. The maximum Gasteiger partial charge on any atom is 0.227 e. The second kappa shape index (κ2) is 7.07. The molecule has 1 saturated heterocycles. The van der Waals surface area contributed by atoms with Crippen molar-refractivity contribution in [2.45, 2.75) is 19.8 Å². The van der Waals surface area contributed by atoms with Gasteiger partial charge in [-0.3, -0.25) is 9.78 Å². The van der Waals surface area contributed by atoms with Crippen LogP contribution in [-0.2, 0) is 4.79 Å². The molecule has 0 bridgehead atoms. The summed E-state index contributed by atoms with van der Waals surface area (Å²) >= 11 is 3.32. The molecule has 6 heteroatoms. The first-order valence-corrected chi connectivity index (χ1v) is 9.15. The van der Waals surface area contributed by atoms with Crippen molar-refractivity contribution < 1.29 is 4.79 Å². The van der Waals surface area contributed by atoms with E-state index in [2.05, 4.69) is 9.97 Å². The van der Waals surface area contributed by atoms with Gasteiger partial charge in [-0.25, -0.2) is 4.98 Å². The lowest BCUT2D eigenvalue weighted by molar-refractivity contribution is -0.128. The molecule has 0 aromatic carbocycles. The first kappa shape index (κ1) is 15.2. The van der Waals surface area contributed by atoms with Crippen LogP contribution in [0.25, 0.3) is 16.6 Å². The summed E-state index contributed by atoms with van der Waals surface area (Å²) in [7, 11) is 0. The smallest absolute Gasteiger partial charge is 0.227 e. The monoisotopic (exact) mass is 331 g/mol. The van der Waals surface area contributed by atoms with Crippen molar-refractivity contribution in [1.82, 2.24) is 14.9 Å². The molecule has 22 heavy (non-hydrogen) atoms. The Kier molecular flexibility index (Phi) is 4.90. The number of amides is 1. The van der Waals surface area contributed by atoms with Gasteiger partial charge in [0, 0.05) is 42.1 Å². The van der Waals surface area contributed by atoms with E-state index in [4.69, 9.17) is 0 Å².